The number of nitrogens with zero attached hydrogens (tertiary/aromatic N) is 2. The molecule has 4 heteroatoms. The first-order chi connectivity index (χ1) is 10.0. The average molecular weight is 284 g/mol. The Morgan fingerprint density at radius 1 is 1.33 bits per heavy atom. The quantitative estimate of drug-likeness (QED) is 0.911. The van der Waals surface area contributed by atoms with Gasteiger partial charge in [0, 0.05) is 36.9 Å². The van der Waals surface area contributed by atoms with E-state index in [1.165, 1.54) is 5.69 Å². The molecule has 4 nitrogen and oxygen atoms in total. The summed E-state index contributed by atoms with van der Waals surface area (Å²) >= 11 is 0. The molecule has 0 spiro atoms. The second-order valence-corrected chi connectivity index (χ2v) is 6.74. The fourth-order valence-electron chi connectivity index (χ4n) is 3.06. The van der Waals surface area contributed by atoms with Crippen molar-refractivity contribution in [3.8, 4) is 11.3 Å². The highest BCUT2D eigenvalue weighted by molar-refractivity contribution is 5.58. The molecule has 1 unspecified atom stereocenters. The Bertz CT molecular complexity index is 588. The van der Waals surface area contributed by atoms with Crippen molar-refractivity contribution in [3.63, 3.8) is 0 Å². The predicted molar refractivity (Wildman–Crippen MR) is 85.7 cm³/mol. The first kappa shape index (κ1) is 14.3. The molecule has 0 aliphatic carbocycles. The van der Waals surface area contributed by atoms with Crippen LogP contribution in [-0.2, 0) is 6.54 Å². The first-order valence-electron chi connectivity index (χ1n) is 7.62. The zero-order chi connectivity index (χ0) is 14.9. The molecular weight excluding hydrogens is 260 g/mol. The number of hydrogen-bond acceptors (Lipinski definition) is 3. The summed E-state index contributed by atoms with van der Waals surface area (Å²) in [6, 6.07) is 12.7. The van der Waals surface area contributed by atoms with Crippen LogP contribution in [-0.4, -0.2) is 34.2 Å². The number of likely N-dealkylation sites (tertiary alicyclic amines) is 1. The molecule has 112 valence electrons. The molecule has 2 aromatic rings. The van der Waals surface area contributed by atoms with E-state index in [1.54, 1.807) is 0 Å². The number of nitrogens with two attached hydrogens (primary N) is 1. The molecule has 0 bridgehead atoms. The van der Waals surface area contributed by atoms with Crippen molar-refractivity contribution in [2.24, 2.45) is 11.1 Å². The number of piperidine rings is 1. The Morgan fingerprint density at radius 2 is 2.10 bits per heavy atom. The minimum atomic E-state index is 0.181. The highest BCUT2D eigenvalue weighted by Crippen LogP contribution is 2.28. The molecule has 1 atom stereocenters. The van der Waals surface area contributed by atoms with E-state index >= 15 is 0 Å². The molecule has 1 aliphatic heterocycles. The summed E-state index contributed by atoms with van der Waals surface area (Å²) in [7, 11) is 0. The predicted octanol–water partition coefficient (Wildman–Crippen LogP) is 2.64. The van der Waals surface area contributed by atoms with Gasteiger partial charge >= 0.3 is 0 Å². The molecular formula is C17H24N4. The van der Waals surface area contributed by atoms with Crippen LogP contribution in [0.3, 0.4) is 0 Å². The molecule has 1 saturated heterocycles. The van der Waals surface area contributed by atoms with Gasteiger partial charge in [0.1, 0.15) is 0 Å². The normalized spacial score (nSPS) is 22.3. The minimum Gasteiger partial charge on any atom is -0.327 e. The highest BCUT2D eigenvalue weighted by atomic mass is 15.2. The van der Waals surface area contributed by atoms with Crippen LogP contribution in [0.5, 0.6) is 0 Å². The standard InChI is InChI=1S/C17H24N4/c1-17(2)12-21(9-8-16(17)18)11-14-10-15(20-19-14)13-6-4-3-5-7-13/h3-7,10,16H,8-9,11-12,18H2,1-2H3,(H,19,20). The molecule has 1 aliphatic rings. The lowest BCUT2D eigenvalue weighted by Crippen LogP contribution is -2.52. The molecule has 3 rings (SSSR count). The molecule has 3 N–H and O–H groups in total. The maximum absolute atomic E-state index is 6.20. The van der Waals surface area contributed by atoms with E-state index in [-0.39, 0.29) is 5.41 Å². The summed E-state index contributed by atoms with van der Waals surface area (Å²) in [5.41, 5.74) is 9.72. The second kappa shape index (κ2) is 5.62. The summed E-state index contributed by atoms with van der Waals surface area (Å²) in [6.45, 7) is 7.52. The van der Waals surface area contributed by atoms with Gasteiger partial charge in [0.2, 0.25) is 0 Å². The number of rotatable bonds is 3. The van der Waals surface area contributed by atoms with Crippen LogP contribution in [0, 0.1) is 5.41 Å². The Morgan fingerprint density at radius 3 is 2.81 bits per heavy atom. The highest BCUT2D eigenvalue weighted by Gasteiger charge is 2.33. The van der Waals surface area contributed by atoms with E-state index in [4.69, 9.17) is 5.73 Å². The number of nitrogens with one attached hydrogen (secondary N) is 1. The monoisotopic (exact) mass is 284 g/mol. The SMILES string of the molecule is CC1(C)CN(Cc2cc(-c3ccccc3)n[nH]2)CCC1N. The maximum Gasteiger partial charge on any atom is 0.0924 e. The maximum atomic E-state index is 6.20. The lowest BCUT2D eigenvalue weighted by molar-refractivity contribution is 0.0889. The van der Waals surface area contributed by atoms with Gasteiger partial charge in [0.05, 0.1) is 5.69 Å². The van der Waals surface area contributed by atoms with Gasteiger partial charge in [0.15, 0.2) is 0 Å². The van der Waals surface area contributed by atoms with Gasteiger partial charge in [-0.15, -0.1) is 0 Å². The van der Waals surface area contributed by atoms with Gasteiger partial charge in [-0.05, 0) is 17.9 Å². The van der Waals surface area contributed by atoms with Crippen LogP contribution < -0.4 is 5.73 Å². The summed E-state index contributed by atoms with van der Waals surface area (Å²) in [5.74, 6) is 0. The Hall–Kier alpha value is -1.65. The van der Waals surface area contributed by atoms with Crippen LogP contribution >= 0.6 is 0 Å². The van der Waals surface area contributed by atoms with Gasteiger partial charge in [-0.3, -0.25) is 10.00 Å². The van der Waals surface area contributed by atoms with Crippen LogP contribution in [0.2, 0.25) is 0 Å². The molecule has 2 heterocycles. The number of H-pyrrole nitrogens is 1. The molecule has 0 amide bonds. The Balaban J connectivity index is 1.68. The van der Waals surface area contributed by atoms with Crippen molar-refractivity contribution in [1.82, 2.24) is 15.1 Å². The number of aromatic amines is 1. The van der Waals surface area contributed by atoms with Crippen molar-refractivity contribution in [3.05, 3.63) is 42.1 Å². The number of benzene rings is 1. The third-order valence-electron chi connectivity index (χ3n) is 4.49. The van der Waals surface area contributed by atoms with E-state index in [9.17, 15) is 0 Å². The van der Waals surface area contributed by atoms with Gasteiger partial charge in [0.25, 0.3) is 0 Å². The van der Waals surface area contributed by atoms with Gasteiger partial charge in [-0.2, -0.15) is 5.10 Å². The van der Waals surface area contributed by atoms with Crippen molar-refractivity contribution < 1.29 is 0 Å². The van der Waals surface area contributed by atoms with Gasteiger partial charge < -0.3 is 5.73 Å². The summed E-state index contributed by atoms with van der Waals surface area (Å²) in [5, 5.41) is 7.59. The van der Waals surface area contributed by atoms with Crippen LogP contribution in [0.4, 0.5) is 0 Å². The average Bonchev–Trinajstić information content (AvgIpc) is 2.92. The zero-order valence-corrected chi connectivity index (χ0v) is 12.8. The third kappa shape index (κ3) is 3.17. The van der Waals surface area contributed by atoms with Crippen molar-refractivity contribution in [1.29, 1.82) is 0 Å². The Kier molecular flexibility index (Phi) is 3.83. The van der Waals surface area contributed by atoms with Crippen LogP contribution in [0.25, 0.3) is 11.3 Å². The van der Waals surface area contributed by atoms with Gasteiger partial charge in [-0.25, -0.2) is 0 Å². The molecule has 21 heavy (non-hydrogen) atoms. The van der Waals surface area contributed by atoms with Crippen molar-refractivity contribution in [2.75, 3.05) is 13.1 Å². The minimum absolute atomic E-state index is 0.181. The smallest absolute Gasteiger partial charge is 0.0924 e. The topological polar surface area (TPSA) is 57.9 Å². The zero-order valence-electron chi connectivity index (χ0n) is 12.8. The molecule has 1 aromatic heterocycles. The summed E-state index contributed by atoms with van der Waals surface area (Å²) < 4.78 is 0. The second-order valence-electron chi connectivity index (χ2n) is 6.74. The molecule has 0 radical (unpaired) electrons. The molecule has 1 fully saturated rings. The Labute approximate surface area is 126 Å². The fourth-order valence-corrected chi connectivity index (χ4v) is 3.06. The lowest BCUT2D eigenvalue weighted by Gasteiger charge is -2.42. The van der Waals surface area contributed by atoms with E-state index < -0.39 is 0 Å². The molecule has 1 aromatic carbocycles. The van der Waals surface area contributed by atoms with E-state index in [1.807, 2.05) is 18.2 Å². The largest absolute Gasteiger partial charge is 0.327 e. The first-order valence-corrected chi connectivity index (χ1v) is 7.62. The van der Waals surface area contributed by atoms with Crippen molar-refractivity contribution in [2.45, 2.75) is 32.9 Å². The lowest BCUT2D eigenvalue weighted by atomic mass is 9.80. The van der Waals surface area contributed by atoms with E-state index in [0.29, 0.717) is 6.04 Å². The van der Waals surface area contributed by atoms with Crippen molar-refractivity contribution >= 4 is 0 Å². The van der Waals surface area contributed by atoms with Crippen LogP contribution in [0.15, 0.2) is 36.4 Å². The fraction of sp³-hybridized carbons (Fsp3) is 0.471. The van der Waals surface area contributed by atoms with Crippen LogP contribution in [0.1, 0.15) is 26.0 Å². The number of aromatic nitrogens is 2. The van der Waals surface area contributed by atoms with Gasteiger partial charge in [-0.1, -0.05) is 44.2 Å². The summed E-state index contributed by atoms with van der Waals surface area (Å²) in [6.07, 6.45) is 1.06. The van der Waals surface area contributed by atoms with E-state index in [2.05, 4.69) is 47.1 Å². The molecule has 0 saturated carbocycles. The number of hydrogen-bond donors (Lipinski definition) is 2. The summed E-state index contributed by atoms with van der Waals surface area (Å²) in [4.78, 5) is 2.46. The third-order valence-corrected chi connectivity index (χ3v) is 4.49. The van der Waals surface area contributed by atoms with E-state index in [0.717, 1.165) is 37.3 Å².